The molecule has 0 aliphatic heterocycles. The molecule has 1 atom stereocenters. The Balaban J connectivity index is 2.51. The lowest BCUT2D eigenvalue weighted by Crippen LogP contribution is -2.38. The smallest absolute Gasteiger partial charge is 0.325 e. The fourth-order valence-electron chi connectivity index (χ4n) is 1.40. The third kappa shape index (κ3) is 4.52. The fourth-order valence-corrected chi connectivity index (χ4v) is 1.40. The van der Waals surface area contributed by atoms with Crippen LogP contribution in [0.25, 0.3) is 0 Å². The Labute approximate surface area is 98.8 Å². The Morgan fingerprint density at radius 3 is 2.41 bits per heavy atom. The van der Waals surface area contributed by atoms with Gasteiger partial charge in [0.1, 0.15) is 6.04 Å². The first-order valence-corrected chi connectivity index (χ1v) is 5.15. The van der Waals surface area contributed by atoms with Crippen molar-refractivity contribution in [2.45, 2.75) is 6.04 Å². The quantitative estimate of drug-likeness (QED) is 0.525. The number of hydrogen-bond donors (Lipinski definition) is 4. The number of urea groups is 1. The van der Waals surface area contributed by atoms with Crippen molar-refractivity contribution in [3.8, 4) is 0 Å². The number of carboxylic acids is 1. The van der Waals surface area contributed by atoms with Crippen LogP contribution in [0.2, 0.25) is 0 Å². The van der Waals surface area contributed by atoms with Gasteiger partial charge in [-0.3, -0.25) is 10.1 Å². The molecule has 1 rings (SSSR count). The number of aliphatic carboxylic acids is 1. The average Bonchev–Trinajstić information content (AvgIpc) is 2.29. The maximum Gasteiger partial charge on any atom is 0.325 e. The van der Waals surface area contributed by atoms with Crippen LogP contribution in [0.15, 0.2) is 30.3 Å². The van der Waals surface area contributed by atoms with Crippen molar-refractivity contribution in [1.82, 2.24) is 10.6 Å². The van der Waals surface area contributed by atoms with E-state index in [0.29, 0.717) is 12.1 Å². The zero-order chi connectivity index (χ0) is 12.7. The minimum atomic E-state index is -0.963. The topological polar surface area (TPSA) is 104 Å². The molecule has 0 bridgehead atoms. The maximum absolute atomic E-state index is 11.1. The number of nitrogens with two attached hydrogens (primary N) is 1. The van der Waals surface area contributed by atoms with Gasteiger partial charge in [0.15, 0.2) is 0 Å². The van der Waals surface area contributed by atoms with Crippen LogP contribution in [0.5, 0.6) is 0 Å². The Morgan fingerprint density at radius 2 is 1.88 bits per heavy atom. The Hall–Kier alpha value is -2.08. The first kappa shape index (κ1) is 13.0. The first-order chi connectivity index (χ1) is 8.11. The summed E-state index contributed by atoms with van der Waals surface area (Å²) in [5.74, 6) is -0.963. The number of rotatable bonds is 6. The normalized spacial score (nSPS) is 11.8. The van der Waals surface area contributed by atoms with Gasteiger partial charge in [-0.15, -0.1) is 0 Å². The van der Waals surface area contributed by atoms with E-state index in [1.807, 2.05) is 6.07 Å². The van der Waals surface area contributed by atoms with Crippen molar-refractivity contribution >= 4 is 12.0 Å². The van der Waals surface area contributed by atoms with Crippen molar-refractivity contribution in [1.29, 1.82) is 0 Å². The highest BCUT2D eigenvalue weighted by molar-refractivity contribution is 5.75. The lowest BCUT2D eigenvalue weighted by Gasteiger charge is -2.14. The molecule has 17 heavy (non-hydrogen) atoms. The SMILES string of the molecule is NC(=O)NCCNC(C(=O)O)c1ccccc1. The molecule has 92 valence electrons. The number of hydrogen-bond acceptors (Lipinski definition) is 3. The minimum absolute atomic E-state index is 0.284. The molecule has 0 heterocycles. The number of benzene rings is 1. The van der Waals surface area contributed by atoms with Gasteiger partial charge in [0, 0.05) is 13.1 Å². The van der Waals surface area contributed by atoms with Gasteiger partial charge in [-0.25, -0.2) is 4.79 Å². The van der Waals surface area contributed by atoms with Gasteiger partial charge in [-0.1, -0.05) is 30.3 Å². The Morgan fingerprint density at radius 1 is 1.24 bits per heavy atom. The van der Waals surface area contributed by atoms with Gasteiger partial charge < -0.3 is 16.2 Å². The summed E-state index contributed by atoms with van der Waals surface area (Å²) < 4.78 is 0. The summed E-state index contributed by atoms with van der Waals surface area (Å²) in [6.07, 6.45) is 0. The van der Waals surface area contributed by atoms with Crippen LogP contribution in [0.1, 0.15) is 11.6 Å². The van der Waals surface area contributed by atoms with E-state index in [1.54, 1.807) is 24.3 Å². The second kappa shape index (κ2) is 6.49. The standard InChI is InChI=1S/C11H15N3O3/c12-11(17)14-7-6-13-9(10(15)16)8-4-2-1-3-5-8/h1-5,9,13H,6-7H2,(H,15,16)(H3,12,14,17). The molecule has 0 fully saturated rings. The number of carboxylic acid groups (broad SMARTS) is 1. The molecule has 1 aromatic rings. The van der Waals surface area contributed by atoms with Crippen LogP contribution >= 0.6 is 0 Å². The second-order valence-corrected chi connectivity index (χ2v) is 3.43. The molecular weight excluding hydrogens is 222 g/mol. The first-order valence-electron chi connectivity index (χ1n) is 5.15. The van der Waals surface area contributed by atoms with Gasteiger partial charge in [0.25, 0.3) is 0 Å². The summed E-state index contributed by atoms with van der Waals surface area (Å²) in [5.41, 5.74) is 5.55. The summed E-state index contributed by atoms with van der Waals surface area (Å²) in [6, 6.07) is 7.41. The number of amides is 2. The molecule has 0 spiro atoms. The molecule has 6 heteroatoms. The number of nitrogens with one attached hydrogen (secondary N) is 2. The number of carbonyl (C=O) groups excluding carboxylic acids is 1. The van der Waals surface area contributed by atoms with Crippen molar-refractivity contribution in [2.75, 3.05) is 13.1 Å². The van der Waals surface area contributed by atoms with Gasteiger partial charge in [0.05, 0.1) is 0 Å². The van der Waals surface area contributed by atoms with E-state index in [0.717, 1.165) is 0 Å². The summed E-state index contributed by atoms with van der Waals surface area (Å²) in [5, 5.41) is 14.3. The number of primary amides is 1. The Kier molecular flexibility index (Phi) is 4.96. The number of carbonyl (C=O) groups is 2. The van der Waals surface area contributed by atoms with Crippen molar-refractivity contribution in [3.63, 3.8) is 0 Å². The van der Waals surface area contributed by atoms with Crippen LogP contribution in [0.3, 0.4) is 0 Å². The molecular formula is C11H15N3O3. The maximum atomic E-state index is 11.1. The van der Waals surface area contributed by atoms with Crippen LogP contribution in [-0.2, 0) is 4.79 Å². The van der Waals surface area contributed by atoms with E-state index in [1.165, 1.54) is 0 Å². The molecule has 1 aromatic carbocycles. The fraction of sp³-hybridized carbons (Fsp3) is 0.273. The molecule has 0 saturated heterocycles. The van der Waals surface area contributed by atoms with Gasteiger partial charge in [-0.05, 0) is 5.56 Å². The Bertz CT molecular complexity index is 381. The van der Waals surface area contributed by atoms with Gasteiger partial charge in [0.2, 0.25) is 0 Å². The van der Waals surface area contributed by atoms with Crippen molar-refractivity contribution in [3.05, 3.63) is 35.9 Å². The molecule has 2 amide bonds. The molecule has 0 aromatic heterocycles. The summed E-state index contributed by atoms with van der Waals surface area (Å²) in [4.78, 5) is 21.5. The lowest BCUT2D eigenvalue weighted by atomic mass is 10.1. The average molecular weight is 237 g/mol. The van der Waals surface area contributed by atoms with E-state index in [2.05, 4.69) is 10.6 Å². The van der Waals surface area contributed by atoms with E-state index in [9.17, 15) is 9.59 Å². The van der Waals surface area contributed by atoms with Crippen molar-refractivity contribution < 1.29 is 14.7 Å². The molecule has 1 unspecified atom stereocenters. The van der Waals surface area contributed by atoms with Crippen LogP contribution < -0.4 is 16.4 Å². The minimum Gasteiger partial charge on any atom is -0.480 e. The highest BCUT2D eigenvalue weighted by Crippen LogP contribution is 2.11. The largest absolute Gasteiger partial charge is 0.480 e. The van der Waals surface area contributed by atoms with E-state index >= 15 is 0 Å². The van der Waals surface area contributed by atoms with E-state index in [4.69, 9.17) is 10.8 Å². The van der Waals surface area contributed by atoms with Crippen LogP contribution in [0, 0.1) is 0 Å². The van der Waals surface area contributed by atoms with E-state index in [-0.39, 0.29) is 6.54 Å². The molecule has 0 aliphatic carbocycles. The van der Waals surface area contributed by atoms with Gasteiger partial charge in [-0.2, -0.15) is 0 Å². The lowest BCUT2D eigenvalue weighted by molar-refractivity contribution is -0.139. The zero-order valence-corrected chi connectivity index (χ0v) is 9.22. The molecule has 0 saturated carbocycles. The van der Waals surface area contributed by atoms with E-state index < -0.39 is 18.0 Å². The summed E-state index contributed by atoms with van der Waals surface area (Å²) >= 11 is 0. The van der Waals surface area contributed by atoms with Crippen molar-refractivity contribution in [2.24, 2.45) is 5.73 Å². The third-order valence-corrected chi connectivity index (χ3v) is 2.15. The molecule has 5 N–H and O–H groups in total. The molecule has 0 radical (unpaired) electrons. The zero-order valence-electron chi connectivity index (χ0n) is 9.22. The molecule has 6 nitrogen and oxygen atoms in total. The summed E-state index contributed by atoms with van der Waals surface area (Å²) in [6.45, 7) is 0.612. The van der Waals surface area contributed by atoms with Crippen LogP contribution in [-0.4, -0.2) is 30.2 Å². The van der Waals surface area contributed by atoms with Crippen LogP contribution in [0.4, 0.5) is 4.79 Å². The molecule has 0 aliphatic rings. The monoisotopic (exact) mass is 237 g/mol. The predicted octanol–water partition coefficient (Wildman–Crippen LogP) is 0.0702. The predicted molar refractivity (Wildman–Crippen MR) is 62.4 cm³/mol. The second-order valence-electron chi connectivity index (χ2n) is 3.43. The summed E-state index contributed by atoms with van der Waals surface area (Å²) in [7, 11) is 0. The third-order valence-electron chi connectivity index (χ3n) is 2.15. The highest BCUT2D eigenvalue weighted by atomic mass is 16.4. The van der Waals surface area contributed by atoms with Gasteiger partial charge >= 0.3 is 12.0 Å². The highest BCUT2D eigenvalue weighted by Gasteiger charge is 2.17.